The number of carboxylic acid groups (broad SMARTS) is 1. The highest BCUT2D eigenvalue weighted by Crippen LogP contribution is 2.20. The number of hydrogen-bond acceptors (Lipinski definition) is 4. The lowest BCUT2D eigenvalue weighted by Crippen LogP contribution is -2.21. The molecule has 0 spiro atoms. The molecular weight excluding hydrogens is 206 g/mol. The summed E-state index contributed by atoms with van der Waals surface area (Å²) in [5.74, 6) is -0.0466. The van der Waals surface area contributed by atoms with Crippen LogP contribution in [0.5, 0.6) is 11.5 Å². The van der Waals surface area contributed by atoms with E-state index in [9.17, 15) is 9.90 Å². The average Bonchev–Trinajstić information content (AvgIpc) is 2.31. The van der Waals surface area contributed by atoms with Crippen LogP contribution in [0.2, 0.25) is 0 Å². The zero-order valence-electron chi connectivity index (χ0n) is 8.29. The zero-order chi connectivity index (χ0) is 11.4. The number of rotatable bonds is 3. The van der Waals surface area contributed by atoms with Crippen molar-refractivity contribution in [2.45, 2.75) is 0 Å². The van der Waals surface area contributed by atoms with E-state index in [1.165, 1.54) is 12.1 Å². The molecule has 0 bridgehead atoms. The fourth-order valence-electron chi connectivity index (χ4n) is 1.20. The number of aromatic nitrogens is 1. The average molecular weight is 214 g/mol. The van der Waals surface area contributed by atoms with Crippen LogP contribution in [0.15, 0.2) is 48.8 Å². The molecule has 0 fully saturated rings. The first-order valence-corrected chi connectivity index (χ1v) is 4.65. The highest BCUT2D eigenvalue weighted by atomic mass is 16.5. The quantitative estimate of drug-likeness (QED) is 0.771. The largest absolute Gasteiger partial charge is 0.545 e. The van der Waals surface area contributed by atoms with Crippen LogP contribution in [-0.4, -0.2) is 11.0 Å². The molecule has 0 atom stereocenters. The molecule has 0 saturated carbocycles. The number of carboxylic acids is 1. The Bertz CT molecular complexity index is 479. The van der Waals surface area contributed by atoms with E-state index in [-0.39, 0.29) is 5.56 Å². The number of pyridine rings is 1. The van der Waals surface area contributed by atoms with Crippen LogP contribution >= 0.6 is 0 Å². The highest BCUT2D eigenvalue weighted by molar-refractivity contribution is 5.85. The topological polar surface area (TPSA) is 62.2 Å². The van der Waals surface area contributed by atoms with Gasteiger partial charge in [-0.05, 0) is 42.0 Å². The van der Waals surface area contributed by atoms with Crippen LogP contribution in [0.4, 0.5) is 0 Å². The number of ether oxygens (including phenoxy) is 1. The number of carbonyl (C=O) groups excluding carboxylic acids is 1. The standard InChI is InChI=1S/C12H9NO3/c14-12(15)9-3-5-10(6-4-9)16-11-2-1-7-13-8-11/h1-8H,(H,14,15)/p-1. The Morgan fingerprint density at radius 2 is 1.88 bits per heavy atom. The smallest absolute Gasteiger partial charge is 0.145 e. The summed E-state index contributed by atoms with van der Waals surface area (Å²) in [4.78, 5) is 14.4. The van der Waals surface area contributed by atoms with Gasteiger partial charge < -0.3 is 14.6 Å². The van der Waals surface area contributed by atoms with Crippen molar-refractivity contribution < 1.29 is 14.6 Å². The fraction of sp³-hybridized carbons (Fsp3) is 0. The summed E-state index contributed by atoms with van der Waals surface area (Å²) in [6, 6.07) is 9.52. The molecule has 2 rings (SSSR count). The monoisotopic (exact) mass is 214 g/mol. The van der Waals surface area contributed by atoms with E-state index in [1.54, 1.807) is 36.7 Å². The Kier molecular flexibility index (Phi) is 2.82. The van der Waals surface area contributed by atoms with E-state index in [0.29, 0.717) is 11.5 Å². The Morgan fingerprint density at radius 3 is 2.44 bits per heavy atom. The summed E-state index contributed by atoms with van der Waals surface area (Å²) >= 11 is 0. The lowest BCUT2D eigenvalue weighted by atomic mass is 10.2. The number of carbonyl (C=O) groups is 1. The molecule has 0 radical (unpaired) electrons. The van der Waals surface area contributed by atoms with Crippen molar-refractivity contribution in [3.63, 3.8) is 0 Å². The van der Waals surface area contributed by atoms with Gasteiger partial charge in [0.1, 0.15) is 11.5 Å². The molecule has 2 aromatic rings. The number of aromatic carboxylic acids is 1. The molecule has 1 aromatic carbocycles. The van der Waals surface area contributed by atoms with Crippen molar-refractivity contribution in [1.82, 2.24) is 4.98 Å². The second kappa shape index (κ2) is 4.44. The van der Waals surface area contributed by atoms with Crippen LogP contribution < -0.4 is 9.84 Å². The molecule has 1 aromatic heterocycles. The summed E-state index contributed by atoms with van der Waals surface area (Å²) in [6.45, 7) is 0. The molecule has 4 heteroatoms. The molecule has 0 saturated heterocycles. The van der Waals surface area contributed by atoms with Crippen molar-refractivity contribution in [3.05, 3.63) is 54.4 Å². The normalized spacial score (nSPS) is 9.75. The number of hydrogen-bond donors (Lipinski definition) is 0. The van der Waals surface area contributed by atoms with Crippen molar-refractivity contribution in [1.29, 1.82) is 0 Å². The summed E-state index contributed by atoms with van der Waals surface area (Å²) in [6.07, 6.45) is 3.22. The predicted molar refractivity (Wildman–Crippen MR) is 55.1 cm³/mol. The first-order chi connectivity index (χ1) is 7.75. The minimum absolute atomic E-state index is 0.124. The van der Waals surface area contributed by atoms with E-state index < -0.39 is 5.97 Å². The first-order valence-electron chi connectivity index (χ1n) is 4.65. The van der Waals surface area contributed by atoms with Gasteiger partial charge in [0.25, 0.3) is 0 Å². The molecule has 0 amide bonds. The molecule has 0 N–H and O–H groups in total. The van der Waals surface area contributed by atoms with Gasteiger partial charge in [-0.15, -0.1) is 0 Å². The van der Waals surface area contributed by atoms with Gasteiger partial charge in [-0.3, -0.25) is 4.98 Å². The summed E-state index contributed by atoms with van der Waals surface area (Å²) in [5.41, 5.74) is 0.124. The molecule has 0 aliphatic carbocycles. The first kappa shape index (κ1) is 10.2. The van der Waals surface area contributed by atoms with Crippen molar-refractivity contribution in [2.75, 3.05) is 0 Å². The third-order valence-corrected chi connectivity index (χ3v) is 1.96. The lowest BCUT2D eigenvalue weighted by molar-refractivity contribution is -0.255. The second-order valence-corrected chi connectivity index (χ2v) is 3.10. The maximum atomic E-state index is 10.5. The molecule has 4 nitrogen and oxygen atoms in total. The molecular formula is C12H8NO3-. The van der Waals surface area contributed by atoms with Crippen molar-refractivity contribution in [3.8, 4) is 11.5 Å². The Labute approximate surface area is 92.1 Å². The number of nitrogens with zero attached hydrogens (tertiary/aromatic N) is 1. The van der Waals surface area contributed by atoms with Crippen molar-refractivity contribution >= 4 is 5.97 Å². The van der Waals surface area contributed by atoms with Gasteiger partial charge in [-0.25, -0.2) is 0 Å². The third-order valence-electron chi connectivity index (χ3n) is 1.96. The summed E-state index contributed by atoms with van der Waals surface area (Å²) in [7, 11) is 0. The van der Waals surface area contributed by atoms with Crippen molar-refractivity contribution in [2.24, 2.45) is 0 Å². The Balaban J connectivity index is 2.14. The van der Waals surface area contributed by atoms with Crippen LogP contribution in [0.3, 0.4) is 0 Å². The van der Waals surface area contributed by atoms with E-state index in [1.807, 2.05) is 0 Å². The van der Waals surface area contributed by atoms with Gasteiger partial charge in [0, 0.05) is 6.20 Å². The van der Waals surface area contributed by atoms with Crippen LogP contribution in [0.25, 0.3) is 0 Å². The second-order valence-electron chi connectivity index (χ2n) is 3.10. The molecule has 0 aliphatic rings. The molecule has 16 heavy (non-hydrogen) atoms. The predicted octanol–water partition coefficient (Wildman–Crippen LogP) is 1.24. The number of benzene rings is 1. The van der Waals surface area contributed by atoms with E-state index in [0.717, 1.165) is 0 Å². The van der Waals surface area contributed by atoms with Crippen LogP contribution in [0, 0.1) is 0 Å². The van der Waals surface area contributed by atoms with Gasteiger partial charge in [0.05, 0.1) is 12.2 Å². The van der Waals surface area contributed by atoms with E-state index in [4.69, 9.17) is 4.74 Å². The van der Waals surface area contributed by atoms with E-state index in [2.05, 4.69) is 4.98 Å². The van der Waals surface area contributed by atoms with Crippen LogP contribution in [0.1, 0.15) is 10.4 Å². The summed E-state index contributed by atoms with van der Waals surface area (Å²) in [5, 5.41) is 10.5. The maximum absolute atomic E-state index is 10.5. The minimum atomic E-state index is -1.20. The molecule has 0 aliphatic heterocycles. The maximum Gasteiger partial charge on any atom is 0.145 e. The van der Waals surface area contributed by atoms with E-state index >= 15 is 0 Å². The molecule has 80 valence electrons. The lowest BCUT2D eigenvalue weighted by Gasteiger charge is -2.06. The van der Waals surface area contributed by atoms with Gasteiger partial charge in [0.15, 0.2) is 0 Å². The van der Waals surface area contributed by atoms with Gasteiger partial charge in [-0.1, -0.05) is 0 Å². The van der Waals surface area contributed by atoms with Crippen LogP contribution in [-0.2, 0) is 0 Å². The van der Waals surface area contributed by atoms with Gasteiger partial charge >= 0.3 is 0 Å². The Morgan fingerprint density at radius 1 is 1.12 bits per heavy atom. The van der Waals surface area contributed by atoms with Gasteiger partial charge in [-0.2, -0.15) is 0 Å². The molecule has 1 heterocycles. The third kappa shape index (κ3) is 2.36. The SMILES string of the molecule is O=C([O-])c1ccc(Oc2cccnc2)cc1. The fourth-order valence-corrected chi connectivity index (χ4v) is 1.20. The molecule has 0 unspecified atom stereocenters. The minimum Gasteiger partial charge on any atom is -0.545 e. The zero-order valence-corrected chi connectivity index (χ0v) is 8.29. The summed E-state index contributed by atoms with van der Waals surface area (Å²) < 4.78 is 5.44. The highest BCUT2D eigenvalue weighted by Gasteiger charge is 1.97. The van der Waals surface area contributed by atoms with Gasteiger partial charge in [0.2, 0.25) is 0 Å². The Hall–Kier alpha value is -2.36.